The van der Waals surface area contributed by atoms with Crippen molar-refractivity contribution in [3.63, 3.8) is 0 Å². The van der Waals surface area contributed by atoms with Crippen LogP contribution in [0.2, 0.25) is 0 Å². The van der Waals surface area contributed by atoms with Crippen molar-refractivity contribution in [2.45, 2.75) is 45.4 Å². The molecule has 2 aliphatic rings. The summed E-state index contributed by atoms with van der Waals surface area (Å²) in [5.41, 5.74) is 7.65. The molecule has 0 nitrogen and oxygen atoms in total. The van der Waals surface area contributed by atoms with Gasteiger partial charge in [0.2, 0.25) is 0 Å². The van der Waals surface area contributed by atoms with Crippen LogP contribution >= 0.6 is 0 Å². The van der Waals surface area contributed by atoms with E-state index in [2.05, 4.69) is 56.4 Å². The predicted octanol–water partition coefficient (Wildman–Crippen LogP) is -0.660. The Morgan fingerprint density at radius 1 is 1.18 bits per heavy atom. The van der Waals surface area contributed by atoms with Crippen LogP contribution in [-0.4, -0.2) is 0 Å². The molecule has 0 spiro atoms. The van der Waals surface area contributed by atoms with E-state index >= 15 is 0 Å². The topological polar surface area (TPSA) is 0 Å². The Morgan fingerprint density at radius 3 is 2.59 bits per heavy atom. The first-order valence-electron chi connectivity index (χ1n) is 7.44. The van der Waals surface area contributed by atoms with E-state index in [1.807, 2.05) is 0 Å². The molecule has 0 aromatic heterocycles. The average molecular weight is 413 g/mol. The predicted molar refractivity (Wildman–Crippen MR) is 83.4 cm³/mol. The molecule has 0 radical (unpaired) electrons. The van der Waals surface area contributed by atoms with E-state index in [-0.39, 0.29) is 51.0 Å². The van der Waals surface area contributed by atoms with Gasteiger partial charge in [0.05, 0.1) is 0 Å². The third-order valence-corrected chi connectivity index (χ3v) is 4.31. The molecule has 0 N–H and O–H groups in total. The Labute approximate surface area is 166 Å². The largest absolute Gasteiger partial charge is 2.00 e. The van der Waals surface area contributed by atoms with Gasteiger partial charge in [0, 0.05) is 5.92 Å². The van der Waals surface area contributed by atoms with E-state index in [1.165, 1.54) is 30.4 Å². The molecule has 0 saturated heterocycles. The van der Waals surface area contributed by atoms with Gasteiger partial charge in [-0.2, -0.15) is 0 Å². The Bertz CT molecular complexity index is 585. The standard InChI is InChI=1S/C19H22.2ClH.Zr/c1-3-6-16-10-9-14(2)18-12-11-17(19(16)18)13-15-7-4-5-8-15;;;/h4-5,7,9-12,17H,3,6,8,13H2,1-2H3;2*1H;/q;;;+2/p-2. The second kappa shape index (κ2) is 9.91. The molecule has 3 heteroatoms. The van der Waals surface area contributed by atoms with E-state index in [0.29, 0.717) is 5.92 Å². The van der Waals surface area contributed by atoms with Crippen molar-refractivity contribution in [3.8, 4) is 0 Å². The number of hydrogen-bond donors (Lipinski definition) is 0. The molecule has 116 valence electrons. The van der Waals surface area contributed by atoms with Crippen LogP contribution in [0.5, 0.6) is 0 Å². The molecule has 0 amide bonds. The normalized spacial score (nSPS) is 17.2. The van der Waals surface area contributed by atoms with Gasteiger partial charge in [0.15, 0.2) is 0 Å². The van der Waals surface area contributed by atoms with Gasteiger partial charge in [0.1, 0.15) is 0 Å². The van der Waals surface area contributed by atoms with E-state index in [0.717, 1.165) is 6.42 Å². The number of aryl methyl sites for hydroxylation is 2. The van der Waals surface area contributed by atoms with Gasteiger partial charge in [-0.05, 0) is 48.4 Å². The fourth-order valence-corrected chi connectivity index (χ4v) is 3.34. The number of hydrogen-bond acceptors (Lipinski definition) is 0. The molecule has 1 aromatic rings. The quantitative estimate of drug-likeness (QED) is 0.616. The van der Waals surface area contributed by atoms with Crippen molar-refractivity contribution in [1.29, 1.82) is 0 Å². The fraction of sp³-hybridized carbons (Fsp3) is 0.368. The van der Waals surface area contributed by atoms with Gasteiger partial charge >= 0.3 is 26.2 Å². The van der Waals surface area contributed by atoms with Gasteiger partial charge in [-0.1, -0.05) is 61.4 Å². The molecule has 1 atom stereocenters. The molecule has 22 heavy (non-hydrogen) atoms. The molecule has 0 saturated carbocycles. The average Bonchev–Trinajstić information content (AvgIpc) is 3.04. The smallest absolute Gasteiger partial charge is 1.00 e. The molecule has 1 unspecified atom stereocenters. The van der Waals surface area contributed by atoms with Crippen LogP contribution in [0.15, 0.2) is 42.0 Å². The maximum Gasteiger partial charge on any atom is 2.00 e. The molecule has 3 rings (SSSR count). The Balaban J connectivity index is 0.00000147. The maximum absolute atomic E-state index is 2.41. The van der Waals surface area contributed by atoms with Crippen LogP contribution in [0.25, 0.3) is 6.08 Å². The van der Waals surface area contributed by atoms with Crippen LogP contribution in [0.1, 0.15) is 54.4 Å². The summed E-state index contributed by atoms with van der Waals surface area (Å²) in [7, 11) is 0. The second-order valence-electron chi connectivity index (χ2n) is 5.75. The van der Waals surface area contributed by atoms with Gasteiger partial charge in [0.25, 0.3) is 0 Å². The minimum absolute atomic E-state index is 0. The summed E-state index contributed by atoms with van der Waals surface area (Å²) in [5, 5.41) is 0. The van der Waals surface area contributed by atoms with E-state index in [1.54, 1.807) is 16.7 Å². The molecule has 0 fully saturated rings. The van der Waals surface area contributed by atoms with E-state index < -0.39 is 0 Å². The van der Waals surface area contributed by atoms with Crippen molar-refractivity contribution < 1.29 is 51.0 Å². The molecule has 0 bridgehead atoms. The summed E-state index contributed by atoms with van der Waals surface area (Å²) < 4.78 is 0. The van der Waals surface area contributed by atoms with Gasteiger partial charge in [-0.25, -0.2) is 0 Å². The van der Waals surface area contributed by atoms with Gasteiger partial charge in [-0.3, -0.25) is 0 Å². The summed E-state index contributed by atoms with van der Waals surface area (Å²) in [6, 6.07) is 4.63. The zero-order valence-corrected chi connectivity index (χ0v) is 17.2. The molecule has 0 heterocycles. The van der Waals surface area contributed by atoms with Crippen LogP contribution in [0, 0.1) is 6.92 Å². The second-order valence-corrected chi connectivity index (χ2v) is 5.75. The van der Waals surface area contributed by atoms with Crippen molar-refractivity contribution in [2.24, 2.45) is 0 Å². The van der Waals surface area contributed by atoms with Crippen LogP contribution < -0.4 is 24.8 Å². The SMILES string of the molecule is CCCc1ccc(C)c2c1C(CC1=CC=CC1)C=C2.[Cl-].[Cl-].[Zr+2]. The third-order valence-electron chi connectivity index (χ3n) is 4.31. The van der Waals surface area contributed by atoms with Crippen molar-refractivity contribution in [3.05, 3.63) is 64.3 Å². The number of halogens is 2. The van der Waals surface area contributed by atoms with Gasteiger partial charge < -0.3 is 24.8 Å². The first-order chi connectivity index (χ1) is 9.29. The van der Waals surface area contributed by atoms with Crippen molar-refractivity contribution in [2.75, 3.05) is 0 Å². The molecule has 2 aliphatic carbocycles. The third kappa shape index (κ3) is 4.47. The summed E-state index contributed by atoms with van der Waals surface area (Å²) >= 11 is 0. The molecular formula is C19H22Cl2Zr. The van der Waals surface area contributed by atoms with Gasteiger partial charge in [-0.15, -0.1) is 0 Å². The van der Waals surface area contributed by atoms with E-state index in [4.69, 9.17) is 0 Å². The minimum Gasteiger partial charge on any atom is -1.00 e. The van der Waals surface area contributed by atoms with Crippen molar-refractivity contribution >= 4 is 6.08 Å². The van der Waals surface area contributed by atoms with Crippen LogP contribution in [-0.2, 0) is 32.6 Å². The maximum atomic E-state index is 2.41. The summed E-state index contributed by atoms with van der Waals surface area (Å²) in [4.78, 5) is 0. The zero-order valence-electron chi connectivity index (χ0n) is 13.2. The fourth-order valence-electron chi connectivity index (χ4n) is 3.34. The minimum atomic E-state index is 0. The summed E-state index contributed by atoms with van der Waals surface area (Å²) in [5.74, 6) is 0.600. The van der Waals surface area contributed by atoms with Crippen LogP contribution in [0.3, 0.4) is 0 Å². The first-order valence-corrected chi connectivity index (χ1v) is 7.44. The number of fused-ring (bicyclic) bond motifs is 1. The molecular weight excluding hydrogens is 390 g/mol. The zero-order chi connectivity index (χ0) is 13.2. The first kappa shape index (κ1) is 21.9. The number of allylic oxidation sites excluding steroid dienone is 5. The molecule has 0 aliphatic heterocycles. The monoisotopic (exact) mass is 410 g/mol. The summed E-state index contributed by atoms with van der Waals surface area (Å²) in [6.45, 7) is 4.50. The molecule has 1 aromatic carbocycles. The summed E-state index contributed by atoms with van der Waals surface area (Å²) in [6.07, 6.45) is 16.3. The Hall–Kier alpha value is -0.0969. The Kier molecular flexibility index (Phi) is 9.87. The number of benzene rings is 1. The van der Waals surface area contributed by atoms with Crippen molar-refractivity contribution in [1.82, 2.24) is 0 Å². The van der Waals surface area contributed by atoms with E-state index in [9.17, 15) is 0 Å². The Morgan fingerprint density at radius 2 is 1.95 bits per heavy atom. The van der Waals surface area contributed by atoms with Crippen LogP contribution in [0.4, 0.5) is 0 Å². The number of rotatable bonds is 4.